The zero-order valence-corrected chi connectivity index (χ0v) is 9.89. The number of benzene rings is 1. The van der Waals surface area contributed by atoms with Crippen LogP contribution < -0.4 is 4.90 Å². The summed E-state index contributed by atoms with van der Waals surface area (Å²) in [5.41, 5.74) is 3.17. The first-order chi connectivity index (χ1) is 8.22. The van der Waals surface area contributed by atoms with Crippen LogP contribution in [0.15, 0.2) is 55.3 Å². The first-order valence-electron chi connectivity index (χ1n) is 5.60. The van der Waals surface area contributed by atoms with Crippen LogP contribution in [-0.2, 0) is 4.79 Å². The number of allylic oxidation sites excluding steroid dienone is 3. The Morgan fingerprint density at radius 1 is 1.41 bits per heavy atom. The quantitative estimate of drug-likeness (QED) is 0.581. The molecule has 0 saturated heterocycles. The summed E-state index contributed by atoms with van der Waals surface area (Å²) in [6, 6.07) is 8.07. The van der Waals surface area contributed by atoms with Crippen LogP contribution in [-0.4, -0.2) is 12.3 Å². The van der Waals surface area contributed by atoms with Gasteiger partial charge in [-0.2, -0.15) is 0 Å². The molecule has 86 valence electrons. The summed E-state index contributed by atoms with van der Waals surface area (Å²) in [5, 5.41) is 0. The molecule has 0 saturated carbocycles. The fourth-order valence-electron chi connectivity index (χ4n) is 1.95. The van der Waals surface area contributed by atoms with Crippen LogP contribution in [0.1, 0.15) is 12.5 Å². The highest BCUT2D eigenvalue weighted by Crippen LogP contribution is 2.32. The molecule has 0 radical (unpaired) electrons. The van der Waals surface area contributed by atoms with Crippen molar-refractivity contribution in [1.29, 1.82) is 0 Å². The third-order valence-corrected chi connectivity index (χ3v) is 2.64. The van der Waals surface area contributed by atoms with E-state index in [1.54, 1.807) is 13.0 Å². The maximum atomic E-state index is 11.2. The zero-order valence-electron chi connectivity index (χ0n) is 9.89. The molecular weight excluding hydrogens is 210 g/mol. The summed E-state index contributed by atoms with van der Waals surface area (Å²) in [4.78, 5) is 13.3. The van der Waals surface area contributed by atoms with Gasteiger partial charge < -0.3 is 4.90 Å². The second kappa shape index (κ2) is 4.83. The number of ketones is 1. The highest BCUT2D eigenvalue weighted by Gasteiger charge is 2.14. The van der Waals surface area contributed by atoms with Gasteiger partial charge in [-0.1, -0.05) is 24.3 Å². The predicted octanol–water partition coefficient (Wildman–Crippen LogP) is 3.18. The molecule has 0 spiro atoms. The summed E-state index contributed by atoms with van der Waals surface area (Å²) in [5.74, 6) is 0.0663. The van der Waals surface area contributed by atoms with Crippen molar-refractivity contribution < 1.29 is 4.79 Å². The molecule has 0 aromatic heterocycles. The number of anilines is 1. The fraction of sp³-hybridized carbons (Fsp3) is 0.133. The zero-order chi connectivity index (χ0) is 12.3. The van der Waals surface area contributed by atoms with Gasteiger partial charge in [0.05, 0.1) is 0 Å². The van der Waals surface area contributed by atoms with E-state index in [1.165, 1.54) is 0 Å². The van der Waals surface area contributed by atoms with E-state index in [0.717, 1.165) is 23.4 Å². The van der Waals surface area contributed by atoms with Gasteiger partial charge in [-0.15, -0.1) is 6.58 Å². The Labute approximate surface area is 102 Å². The molecule has 1 aromatic rings. The van der Waals surface area contributed by atoms with Crippen molar-refractivity contribution in [3.8, 4) is 0 Å². The van der Waals surface area contributed by atoms with Gasteiger partial charge in [-0.05, 0) is 30.7 Å². The second-order valence-electron chi connectivity index (χ2n) is 3.98. The Bertz CT molecular complexity index is 511. The largest absolute Gasteiger partial charge is 0.344 e. The molecule has 1 aliphatic heterocycles. The van der Waals surface area contributed by atoms with E-state index >= 15 is 0 Å². The third-order valence-electron chi connectivity index (χ3n) is 2.64. The number of rotatable bonds is 3. The minimum Gasteiger partial charge on any atom is -0.344 e. The van der Waals surface area contributed by atoms with Crippen molar-refractivity contribution in [1.82, 2.24) is 0 Å². The fourth-order valence-corrected chi connectivity index (χ4v) is 1.95. The van der Waals surface area contributed by atoms with Crippen molar-refractivity contribution in [3.63, 3.8) is 0 Å². The molecule has 0 unspecified atom stereocenters. The first-order valence-corrected chi connectivity index (χ1v) is 5.60. The van der Waals surface area contributed by atoms with Gasteiger partial charge in [-0.25, -0.2) is 0 Å². The SMILES string of the molecule is C=CCN1C=C/C(=C/C(C)=O)c2ccccc21. The lowest BCUT2D eigenvalue weighted by Crippen LogP contribution is -2.19. The third kappa shape index (κ3) is 2.36. The normalized spacial score (nSPS) is 15.8. The predicted molar refractivity (Wildman–Crippen MR) is 71.8 cm³/mol. The topological polar surface area (TPSA) is 20.3 Å². The van der Waals surface area contributed by atoms with Crippen LogP contribution in [0.2, 0.25) is 0 Å². The minimum absolute atomic E-state index is 0.0663. The van der Waals surface area contributed by atoms with Crippen molar-refractivity contribution in [2.45, 2.75) is 6.92 Å². The lowest BCUT2D eigenvalue weighted by Gasteiger charge is -2.26. The van der Waals surface area contributed by atoms with Crippen molar-refractivity contribution in [3.05, 3.63) is 60.8 Å². The Hall–Kier alpha value is -2.09. The Morgan fingerprint density at radius 3 is 2.88 bits per heavy atom. The molecule has 1 aliphatic rings. The van der Waals surface area contributed by atoms with Crippen LogP contribution >= 0.6 is 0 Å². The molecule has 0 aliphatic carbocycles. The van der Waals surface area contributed by atoms with E-state index in [9.17, 15) is 4.79 Å². The number of carbonyl (C=O) groups excluding carboxylic acids is 1. The van der Waals surface area contributed by atoms with Gasteiger partial charge in [0.15, 0.2) is 5.78 Å². The molecule has 0 atom stereocenters. The molecule has 1 aromatic carbocycles. The lowest BCUT2D eigenvalue weighted by molar-refractivity contribution is -0.112. The van der Waals surface area contributed by atoms with E-state index in [0.29, 0.717) is 0 Å². The van der Waals surface area contributed by atoms with Gasteiger partial charge in [0.25, 0.3) is 0 Å². The smallest absolute Gasteiger partial charge is 0.153 e. The minimum atomic E-state index is 0.0663. The first kappa shape index (κ1) is 11.4. The molecule has 17 heavy (non-hydrogen) atoms. The molecule has 0 bridgehead atoms. The summed E-state index contributed by atoms with van der Waals surface area (Å²) < 4.78 is 0. The Balaban J connectivity index is 2.49. The molecule has 2 rings (SSSR count). The number of fused-ring (bicyclic) bond motifs is 1. The molecule has 0 N–H and O–H groups in total. The van der Waals surface area contributed by atoms with Crippen molar-refractivity contribution >= 4 is 17.0 Å². The summed E-state index contributed by atoms with van der Waals surface area (Å²) >= 11 is 0. The van der Waals surface area contributed by atoms with Crippen molar-refractivity contribution in [2.75, 3.05) is 11.4 Å². The van der Waals surface area contributed by atoms with Crippen molar-refractivity contribution in [2.24, 2.45) is 0 Å². The average molecular weight is 225 g/mol. The average Bonchev–Trinajstić information content (AvgIpc) is 2.32. The van der Waals surface area contributed by atoms with E-state index in [2.05, 4.69) is 17.5 Å². The summed E-state index contributed by atoms with van der Waals surface area (Å²) in [7, 11) is 0. The highest BCUT2D eigenvalue weighted by molar-refractivity contribution is 6.00. The maximum Gasteiger partial charge on any atom is 0.153 e. The van der Waals surface area contributed by atoms with E-state index in [-0.39, 0.29) is 5.78 Å². The van der Waals surface area contributed by atoms with Gasteiger partial charge in [0, 0.05) is 24.0 Å². The molecule has 2 heteroatoms. The number of carbonyl (C=O) groups is 1. The molecule has 1 heterocycles. The number of hydrogen-bond donors (Lipinski definition) is 0. The Kier molecular flexibility index (Phi) is 3.24. The monoisotopic (exact) mass is 225 g/mol. The molecule has 2 nitrogen and oxygen atoms in total. The number of hydrogen-bond acceptors (Lipinski definition) is 2. The van der Waals surface area contributed by atoms with Gasteiger partial charge in [0.1, 0.15) is 0 Å². The van der Waals surface area contributed by atoms with Crippen LogP contribution in [0.4, 0.5) is 5.69 Å². The molecule has 0 amide bonds. The molecular formula is C15H15NO. The van der Waals surface area contributed by atoms with Crippen LogP contribution in [0.25, 0.3) is 5.57 Å². The van der Waals surface area contributed by atoms with Crippen LogP contribution in [0.5, 0.6) is 0 Å². The van der Waals surface area contributed by atoms with Gasteiger partial charge in [-0.3, -0.25) is 4.79 Å². The van der Waals surface area contributed by atoms with E-state index < -0.39 is 0 Å². The number of para-hydroxylation sites is 1. The van der Waals surface area contributed by atoms with E-state index in [4.69, 9.17) is 0 Å². The highest BCUT2D eigenvalue weighted by atomic mass is 16.1. The van der Waals surface area contributed by atoms with Crippen LogP contribution in [0, 0.1) is 0 Å². The second-order valence-corrected chi connectivity index (χ2v) is 3.98. The number of nitrogens with zero attached hydrogens (tertiary/aromatic N) is 1. The van der Waals surface area contributed by atoms with E-state index in [1.807, 2.05) is 36.6 Å². The lowest BCUT2D eigenvalue weighted by atomic mass is 9.99. The maximum absolute atomic E-state index is 11.2. The summed E-state index contributed by atoms with van der Waals surface area (Å²) in [6.07, 6.45) is 7.48. The van der Waals surface area contributed by atoms with Gasteiger partial charge in [0.2, 0.25) is 0 Å². The summed E-state index contributed by atoms with van der Waals surface area (Å²) in [6.45, 7) is 6.08. The van der Waals surface area contributed by atoms with Gasteiger partial charge >= 0.3 is 0 Å². The Morgan fingerprint density at radius 2 is 2.18 bits per heavy atom. The van der Waals surface area contributed by atoms with Crippen LogP contribution in [0.3, 0.4) is 0 Å². The molecule has 0 fully saturated rings. The standard InChI is InChI=1S/C15H15NO/c1-3-9-16-10-8-13(11-12(2)17)14-6-4-5-7-15(14)16/h3-8,10-11H,1,9H2,2H3/b13-11-.